The number of hydrogen-bond acceptors (Lipinski definition) is 4. The molecule has 1 heterocycles. The van der Waals surface area contributed by atoms with Crippen molar-refractivity contribution in [2.45, 2.75) is 33.3 Å². The zero-order chi connectivity index (χ0) is 17.9. The third kappa shape index (κ3) is 4.23. The van der Waals surface area contributed by atoms with E-state index in [-0.39, 0.29) is 6.54 Å². The fourth-order valence-electron chi connectivity index (χ4n) is 2.42. The topological polar surface area (TPSA) is 91.6 Å². The number of carbonyl (C=O) groups is 2. The first-order chi connectivity index (χ1) is 11.2. The molecule has 6 heteroatoms. The Labute approximate surface area is 140 Å². The maximum absolute atomic E-state index is 11.9. The Morgan fingerprint density at radius 1 is 1.12 bits per heavy atom. The number of carbonyl (C=O) groups excluding carboxylic acids is 2. The van der Waals surface area contributed by atoms with Crippen molar-refractivity contribution >= 4 is 17.5 Å². The van der Waals surface area contributed by atoms with Crippen LogP contribution in [-0.2, 0) is 15.2 Å². The molecule has 0 aliphatic carbocycles. The molecule has 24 heavy (non-hydrogen) atoms. The van der Waals surface area contributed by atoms with Gasteiger partial charge < -0.3 is 20.2 Å². The van der Waals surface area contributed by atoms with E-state index in [1.165, 1.54) is 0 Å². The molecule has 0 spiro atoms. The number of hydrogen-bond donors (Lipinski definition) is 3. The van der Waals surface area contributed by atoms with Crippen LogP contribution in [0, 0.1) is 20.8 Å². The third-order valence-corrected chi connectivity index (χ3v) is 3.73. The highest BCUT2D eigenvalue weighted by molar-refractivity contribution is 6.39. The first kappa shape index (κ1) is 17.7. The van der Waals surface area contributed by atoms with E-state index in [1.807, 2.05) is 19.1 Å². The van der Waals surface area contributed by atoms with E-state index in [9.17, 15) is 14.7 Å². The maximum Gasteiger partial charge on any atom is 0.313 e. The second-order valence-corrected chi connectivity index (χ2v) is 6.10. The Morgan fingerprint density at radius 2 is 1.75 bits per heavy atom. The molecule has 1 aromatic heterocycles. The summed E-state index contributed by atoms with van der Waals surface area (Å²) in [5, 5.41) is 15.5. The maximum atomic E-state index is 11.9. The Balaban J connectivity index is 1.95. The molecule has 2 aromatic rings. The molecule has 0 saturated heterocycles. The van der Waals surface area contributed by atoms with Crippen molar-refractivity contribution in [2.24, 2.45) is 0 Å². The quantitative estimate of drug-likeness (QED) is 0.749. The van der Waals surface area contributed by atoms with Gasteiger partial charge in [0.15, 0.2) is 0 Å². The standard InChI is InChI=1S/C18H22N2O4/c1-11-5-7-14(8-6-11)20-17(22)16(21)19-10-18(4,23)15-9-12(2)24-13(15)3/h5-9,23H,10H2,1-4H3,(H,19,21)(H,20,22). The summed E-state index contributed by atoms with van der Waals surface area (Å²) in [5.41, 5.74) is 0.842. The van der Waals surface area contributed by atoms with Gasteiger partial charge in [-0.2, -0.15) is 0 Å². The van der Waals surface area contributed by atoms with Gasteiger partial charge in [-0.25, -0.2) is 0 Å². The average molecular weight is 330 g/mol. The van der Waals surface area contributed by atoms with E-state index >= 15 is 0 Å². The SMILES string of the molecule is Cc1ccc(NC(=O)C(=O)NCC(C)(O)c2cc(C)oc2C)cc1. The van der Waals surface area contributed by atoms with Crippen LogP contribution in [0.25, 0.3) is 0 Å². The van der Waals surface area contributed by atoms with Crippen LogP contribution in [-0.4, -0.2) is 23.5 Å². The molecule has 0 fully saturated rings. The van der Waals surface area contributed by atoms with E-state index in [0.29, 0.717) is 22.8 Å². The van der Waals surface area contributed by atoms with Crippen molar-refractivity contribution in [3.8, 4) is 0 Å². The number of aryl methyl sites for hydroxylation is 3. The average Bonchev–Trinajstić information content (AvgIpc) is 2.86. The van der Waals surface area contributed by atoms with E-state index in [1.54, 1.807) is 39.0 Å². The van der Waals surface area contributed by atoms with Crippen molar-refractivity contribution in [2.75, 3.05) is 11.9 Å². The summed E-state index contributed by atoms with van der Waals surface area (Å²) in [4.78, 5) is 23.8. The Hall–Kier alpha value is -2.60. The van der Waals surface area contributed by atoms with E-state index in [4.69, 9.17) is 4.42 Å². The third-order valence-electron chi connectivity index (χ3n) is 3.73. The lowest BCUT2D eigenvalue weighted by molar-refractivity contribution is -0.136. The van der Waals surface area contributed by atoms with Crippen LogP contribution in [0.5, 0.6) is 0 Å². The second kappa shape index (κ2) is 6.88. The Morgan fingerprint density at radius 3 is 2.29 bits per heavy atom. The van der Waals surface area contributed by atoms with Gasteiger partial charge in [0.05, 0.1) is 6.54 Å². The number of anilines is 1. The van der Waals surface area contributed by atoms with Crippen LogP contribution < -0.4 is 10.6 Å². The molecule has 1 aromatic carbocycles. The summed E-state index contributed by atoms with van der Waals surface area (Å²) in [6.07, 6.45) is 0. The lowest BCUT2D eigenvalue weighted by Crippen LogP contribution is -2.43. The van der Waals surface area contributed by atoms with Crippen LogP contribution in [0.4, 0.5) is 5.69 Å². The Bertz CT molecular complexity index is 745. The molecule has 2 amide bonds. The van der Waals surface area contributed by atoms with Gasteiger partial charge in [0, 0.05) is 11.3 Å². The van der Waals surface area contributed by atoms with Gasteiger partial charge in [-0.15, -0.1) is 0 Å². The minimum absolute atomic E-state index is 0.104. The van der Waals surface area contributed by atoms with Crippen LogP contribution >= 0.6 is 0 Å². The summed E-state index contributed by atoms with van der Waals surface area (Å²) >= 11 is 0. The molecule has 0 aliphatic heterocycles. The summed E-state index contributed by atoms with van der Waals surface area (Å²) in [6.45, 7) is 6.90. The number of aliphatic hydroxyl groups is 1. The summed E-state index contributed by atoms with van der Waals surface area (Å²) < 4.78 is 5.39. The highest BCUT2D eigenvalue weighted by Crippen LogP contribution is 2.26. The van der Waals surface area contributed by atoms with Gasteiger partial charge >= 0.3 is 11.8 Å². The highest BCUT2D eigenvalue weighted by Gasteiger charge is 2.29. The van der Waals surface area contributed by atoms with E-state index in [0.717, 1.165) is 5.56 Å². The summed E-state index contributed by atoms with van der Waals surface area (Å²) in [6, 6.07) is 8.82. The van der Waals surface area contributed by atoms with Crippen molar-refractivity contribution in [3.63, 3.8) is 0 Å². The lowest BCUT2D eigenvalue weighted by Gasteiger charge is -2.23. The first-order valence-electron chi connectivity index (χ1n) is 7.65. The predicted molar refractivity (Wildman–Crippen MR) is 90.6 cm³/mol. The molecule has 3 N–H and O–H groups in total. The van der Waals surface area contributed by atoms with Gasteiger partial charge in [0.25, 0.3) is 0 Å². The first-order valence-corrected chi connectivity index (χ1v) is 7.65. The van der Waals surface area contributed by atoms with Crippen molar-refractivity contribution < 1.29 is 19.1 Å². The van der Waals surface area contributed by atoms with Crippen molar-refractivity contribution in [3.05, 3.63) is 53.0 Å². The highest BCUT2D eigenvalue weighted by atomic mass is 16.3. The molecule has 0 bridgehead atoms. The molecular formula is C18H22N2O4. The fraction of sp³-hybridized carbons (Fsp3) is 0.333. The van der Waals surface area contributed by atoms with Gasteiger partial charge in [0.1, 0.15) is 17.1 Å². The molecule has 0 aliphatic rings. The fourth-order valence-corrected chi connectivity index (χ4v) is 2.42. The van der Waals surface area contributed by atoms with Gasteiger partial charge in [-0.05, 0) is 45.9 Å². The second-order valence-electron chi connectivity index (χ2n) is 6.10. The zero-order valence-electron chi connectivity index (χ0n) is 14.3. The number of nitrogens with one attached hydrogen (secondary N) is 2. The minimum atomic E-state index is -1.33. The van der Waals surface area contributed by atoms with E-state index < -0.39 is 17.4 Å². The lowest BCUT2D eigenvalue weighted by atomic mass is 9.96. The number of furan rings is 1. The van der Waals surface area contributed by atoms with Crippen LogP contribution in [0.1, 0.15) is 29.6 Å². The van der Waals surface area contributed by atoms with Crippen LogP contribution in [0.2, 0.25) is 0 Å². The van der Waals surface area contributed by atoms with Gasteiger partial charge in [-0.3, -0.25) is 9.59 Å². The van der Waals surface area contributed by atoms with E-state index in [2.05, 4.69) is 10.6 Å². The molecule has 1 unspecified atom stereocenters. The minimum Gasteiger partial charge on any atom is -0.466 e. The molecule has 2 rings (SSSR count). The molecule has 128 valence electrons. The zero-order valence-corrected chi connectivity index (χ0v) is 14.3. The van der Waals surface area contributed by atoms with Gasteiger partial charge in [0.2, 0.25) is 0 Å². The summed E-state index contributed by atoms with van der Waals surface area (Å²) in [7, 11) is 0. The molecule has 6 nitrogen and oxygen atoms in total. The van der Waals surface area contributed by atoms with Crippen LogP contribution in [0.15, 0.2) is 34.7 Å². The predicted octanol–water partition coefficient (Wildman–Crippen LogP) is 2.17. The smallest absolute Gasteiger partial charge is 0.313 e. The van der Waals surface area contributed by atoms with Crippen LogP contribution in [0.3, 0.4) is 0 Å². The monoisotopic (exact) mass is 330 g/mol. The molecule has 0 saturated carbocycles. The van der Waals surface area contributed by atoms with Gasteiger partial charge in [-0.1, -0.05) is 17.7 Å². The molecule has 0 radical (unpaired) electrons. The van der Waals surface area contributed by atoms with Crippen molar-refractivity contribution in [1.29, 1.82) is 0 Å². The molecular weight excluding hydrogens is 308 g/mol. The summed E-state index contributed by atoms with van der Waals surface area (Å²) in [5.74, 6) is -0.342. The molecule has 1 atom stereocenters. The van der Waals surface area contributed by atoms with Crippen molar-refractivity contribution in [1.82, 2.24) is 5.32 Å². The Kier molecular flexibility index (Phi) is 5.09. The number of benzene rings is 1. The normalized spacial score (nSPS) is 13.2. The number of amides is 2. The number of rotatable bonds is 4. The largest absolute Gasteiger partial charge is 0.466 e.